The number of carbonyl (C=O) groups is 1. The first kappa shape index (κ1) is 16.8. The summed E-state index contributed by atoms with van der Waals surface area (Å²) in [5.41, 5.74) is 0.0735. The lowest BCUT2D eigenvalue weighted by Gasteiger charge is -2.18. The Bertz CT molecular complexity index is 734. The number of ether oxygens (including phenoxy) is 3. The number of hydrogen-bond acceptors (Lipinski definition) is 5. The van der Waals surface area contributed by atoms with Gasteiger partial charge in [-0.3, -0.25) is 5.32 Å². The van der Waals surface area contributed by atoms with Gasteiger partial charge in [-0.05, 0) is 31.2 Å². The minimum atomic E-state index is -0.608. The quantitative estimate of drug-likeness (QED) is 0.874. The Labute approximate surface area is 146 Å². The molecule has 0 bridgehead atoms. The van der Waals surface area contributed by atoms with Crippen LogP contribution >= 0.6 is 0 Å². The van der Waals surface area contributed by atoms with Crippen LogP contribution in [0.4, 0.5) is 10.5 Å². The molecule has 1 amide bonds. The molecule has 6 nitrogen and oxygen atoms in total. The van der Waals surface area contributed by atoms with Gasteiger partial charge in [0.05, 0.1) is 0 Å². The highest BCUT2D eigenvalue weighted by atomic mass is 16.6. The van der Waals surface area contributed by atoms with Gasteiger partial charge in [0.2, 0.25) is 5.90 Å². The smallest absolute Gasteiger partial charge is 0.411 e. The van der Waals surface area contributed by atoms with Gasteiger partial charge in [0.15, 0.2) is 6.61 Å². The summed E-state index contributed by atoms with van der Waals surface area (Å²) in [5.74, 6) is 1.25. The van der Waals surface area contributed by atoms with Gasteiger partial charge in [-0.25, -0.2) is 9.79 Å². The van der Waals surface area contributed by atoms with Crippen molar-refractivity contribution in [3.63, 3.8) is 0 Å². The van der Waals surface area contributed by atoms with Crippen molar-refractivity contribution in [2.75, 3.05) is 25.1 Å². The monoisotopic (exact) mass is 340 g/mol. The Balaban J connectivity index is 1.47. The molecular weight excluding hydrogens is 320 g/mol. The summed E-state index contributed by atoms with van der Waals surface area (Å²) < 4.78 is 16.4. The molecule has 1 N–H and O–H groups in total. The zero-order valence-corrected chi connectivity index (χ0v) is 14.0. The molecular formula is C19H20N2O4. The molecule has 3 rings (SSSR count). The molecule has 0 aliphatic carbocycles. The Kier molecular flexibility index (Phi) is 5.18. The second-order valence-electron chi connectivity index (χ2n) is 5.96. The standard InChI is InChI=1S/C19H20N2O4/c1-19(14-25-18(22)20-15-8-4-2-5-9-15)13-24-17(21-19)12-23-16-10-6-3-7-11-16/h2-11H,12-14H2,1H3,(H,20,22). The van der Waals surface area contributed by atoms with Crippen molar-refractivity contribution in [3.8, 4) is 5.75 Å². The molecule has 0 fully saturated rings. The lowest BCUT2D eigenvalue weighted by molar-refractivity contribution is 0.121. The van der Waals surface area contributed by atoms with E-state index in [1.807, 2.05) is 55.5 Å². The zero-order valence-electron chi connectivity index (χ0n) is 14.0. The van der Waals surface area contributed by atoms with Crippen molar-refractivity contribution >= 4 is 17.7 Å². The molecule has 1 atom stereocenters. The first-order valence-electron chi connectivity index (χ1n) is 8.01. The summed E-state index contributed by atoms with van der Waals surface area (Å²) in [5, 5.41) is 2.67. The number of para-hydroxylation sites is 2. The number of carbonyl (C=O) groups excluding carboxylic acids is 1. The predicted octanol–water partition coefficient (Wildman–Crippen LogP) is 3.50. The van der Waals surface area contributed by atoms with Gasteiger partial charge in [-0.15, -0.1) is 0 Å². The number of nitrogens with zero attached hydrogens (tertiary/aromatic N) is 1. The molecule has 0 aromatic heterocycles. The minimum absolute atomic E-state index is 0.125. The SMILES string of the molecule is CC1(COC(=O)Nc2ccccc2)COC(COc2ccccc2)=N1. The average molecular weight is 340 g/mol. The summed E-state index contributed by atoms with van der Waals surface area (Å²) in [6.07, 6.45) is -0.517. The largest absolute Gasteiger partial charge is 0.484 e. The second kappa shape index (κ2) is 7.70. The molecule has 1 heterocycles. The number of amides is 1. The van der Waals surface area contributed by atoms with Crippen molar-refractivity contribution in [2.45, 2.75) is 12.5 Å². The third-order valence-electron chi connectivity index (χ3n) is 3.58. The van der Waals surface area contributed by atoms with E-state index in [9.17, 15) is 4.79 Å². The first-order valence-corrected chi connectivity index (χ1v) is 8.01. The molecule has 0 saturated carbocycles. The summed E-state index contributed by atoms with van der Waals surface area (Å²) >= 11 is 0. The molecule has 1 aliphatic heterocycles. The number of nitrogens with one attached hydrogen (secondary N) is 1. The fourth-order valence-corrected chi connectivity index (χ4v) is 2.31. The normalized spacial score (nSPS) is 18.8. The predicted molar refractivity (Wildman–Crippen MR) is 95.1 cm³/mol. The Morgan fingerprint density at radius 1 is 1.16 bits per heavy atom. The van der Waals surface area contributed by atoms with E-state index in [2.05, 4.69) is 10.3 Å². The van der Waals surface area contributed by atoms with Gasteiger partial charge >= 0.3 is 6.09 Å². The third-order valence-corrected chi connectivity index (χ3v) is 3.58. The van der Waals surface area contributed by atoms with Crippen LogP contribution in [0.1, 0.15) is 6.92 Å². The maximum absolute atomic E-state index is 11.9. The number of aliphatic imine (C=N–C) groups is 1. The highest BCUT2D eigenvalue weighted by Crippen LogP contribution is 2.20. The van der Waals surface area contributed by atoms with Crippen LogP contribution in [0.15, 0.2) is 65.7 Å². The summed E-state index contributed by atoms with van der Waals surface area (Å²) in [4.78, 5) is 16.3. The molecule has 25 heavy (non-hydrogen) atoms. The van der Waals surface area contributed by atoms with Gasteiger partial charge in [0.25, 0.3) is 0 Å². The van der Waals surface area contributed by atoms with Crippen LogP contribution < -0.4 is 10.1 Å². The number of hydrogen-bond donors (Lipinski definition) is 1. The van der Waals surface area contributed by atoms with Crippen molar-refractivity contribution in [1.82, 2.24) is 0 Å². The van der Waals surface area contributed by atoms with E-state index in [-0.39, 0.29) is 13.2 Å². The van der Waals surface area contributed by atoms with Gasteiger partial charge in [0.1, 0.15) is 24.5 Å². The number of rotatable bonds is 6. The van der Waals surface area contributed by atoms with Gasteiger partial charge in [-0.2, -0.15) is 0 Å². The van der Waals surface area contributed by atoms with Crippen LogP contribution in [-0.4, -0.2) is 37.4 Å². The van der Waals surface area contributed by atoms with E-state index < -0.39 is 11.6 Å². The maximum atomic E-state index is 11.9. The van der Waals surface area contributed by atoms with E-state index in [1.165, 1.54) is 0 Å². The number of benzene rings is 2. The topological polar surface area (TPSA) is 69.2 Å². The number of anilines is 1. The van der Waals surface area contributed by atoms with E-state index in [0.717, 1.165) is 5.75 Å². The fourth-order valence-electron chi connectivity index (χ4n) is 2.31. The second-order valence-corrected chi connectivity index (χ2v) is 5.96. The van der Waals surface area contributed by atoms with Crippen LogP contribution in [0.5, 0.6) is 5.75 Å². The van der Waals surface area contributed by atoms with Crippen LogP contribution in [0.25, 0.3) is 0 Å². The van der Waals surface area contributed by atoms with E-state index in [4.69, 9.17) is 14.2 Å². The fraction of sp³-hybridized carbons (Fsp3) is 0.263. The maximum Gasteiger partial charge on any atom is 0.411 e. The lowest BCUT2D eigenvalue weighted by atomic mass is 10.1. The van der Waals surface area contributed by atoms with Gasteiger partial charge in [0, 0.05) is 5.69 Å². The van der Waals surface area contributed by atoms with Crippen LogP contribution in [0, 0.1) is 0 Å². The van der Waals surface area contributed by atoms with Crippen molar-refractivity contribution in [2.24, 2.45) is 4.99 Å². The van der Waals surface area contributed by atoms with E-state index in [1.54, 1.807) is 12.1 Å². The van der Waals surface area contributed by atoms with Gasteiger partial charge < -0.3 is 14.2 Å². The van der Waals surface area contributed by atoms with E-state index >= 15 is 0 Å². The molecule has 1 unspecified atom stereocenters. The van der Waals surface area contributed by atoms with Gasteiger partial charge in [-0.1, -0.05) is 36.4 Å². The third kappa shape index (κ3) is 4.97. The van der Waals surface area contributed by atoms with Crippen LogP contribution in [0.2, 0.25) is 0 Å². The molecule has 0 radical (unpaired) electrons. The zero-order chi connectivity index (χ0) is 17.5. The molecule has 130 valence electrons. The van der Waals surface area contributed by atoms with Crippen molar-refractivity contribution in [3.05, 3.63) is 60.7 Å². The van der Waals surface area contributed by atoms with Crippen molar-refractivity contribution < 1.29 is 19.0 Å². The van der Waals surface area contributed by atoms with Crippen LogP contribution in [-0.2, 0) is 9.47 Å². The first-order chi connectivity index (χ1) is 12.1. The highest BCUT2D eigenvalue weighted by Gasteiger charge is 2.33. The molecule has 0 saturated heterocycles. The average Bonchev–Trinajstić information content (AvgIpc) is 3.02. The Morgan fingerprint density at radius 3 is 2.56 bits per heavy atom. The molecule has 6 heteroatoms. The lowest BCUT2D eigenvalue weighted by Crippen LogP contribution is -2.32. The highest BCUT2D eigenvalue weighted by molar-refractivity contribution is 5.84. The Morgan fingerprint density at radius 2 is 1.84 bits per heavy atom. The molecule has 0 spiro atoms. The van der Waals surface area contributed by atoms with Crippen molar-refractivity contribution in [1.29, 1.82) is 0 Å². The molecule has 2 aromatic carbocycles. The Hall–Kier alpha value is -3.02. The molecule has 2 aromatic rings. The minimum Gasteiger partial charge on any atom is -0.484 e. The molecule has 1 aliphatic rings. The summed E-state index contributed by atoms with van der Waals surface area (Å²) in [6.45, 7) is 2.59. The van der Waals surface area contributed by atoms with E-state index in [0.29, 0.717) is 18.2 Å². The summed E-state index contributed by atoms with van der Waals surface area (Å²) in [6, 6.07) is 18.6. The van der Waals surface area contributed by atoms with Crippen LogP contribution in [0.3, 0.4) is 0 Å². The summed E-state index contributed by atoms with van der Waals surface area (Å²) in [7, 11) is 0.